The van der Waals surface area contributed by atoms with E-state index < -0.39 is 4.92 Å². The minimum absolute atomic E-state index is 0.0894. The van der Waals surface area contributed by atoms with Gasteiger partial charge in [-0.2, -0.15) is 0 Å². The molecule has 2 aromatic rings. The second-order valence-corrected chi connectivity index (χ2v) is 5.56. The number of nitro benzene ring substituents is 1. The van der Waals surface area contributed by atoms with Gasteiger partial charge in [-0.15, -0.1) is 0 Å². The summed E-state index contributed by atoms with van der Waals surface area (Å²) in [5.74, 6) is -0.694. The Labute approximate surface area is 132 Å². The summed E-state index contributed by atoms with van der Waals surface area (Å²) in [6, 6.07) is 12.0. The predicted octanol–water partition coefficient (Wildman–Crippen LogP) is 3.54. The monoisotopic (exact) mass is 314 g/mol. The molecule has 0 aromatic heterocycles. The second-order valence-electron chi connectivity index (χ2n) is 5.56. The summed E-state index contributed by atoms with van der Waals surface area (Å²) in [4.78, 5) is 25.0. The van der Waals surface area contributed by atoms with Crippen LogP contribution in [0.5, 0.6) is 0 Å². The highest BCUT2D eigenvalue weighted by molar-refractivity contribution is 5.98. The van der Waals surface area contributed by atoms with E-state index in [9.17, 15) is 19.3 Å². The molecule has 0 saturated heterocycles. The van der Waals surface area contributed by atoms with Gasteiger partial charge in [0.25, 0.3) is 11.6 Å². The van der Waals surface area contributed by atoms with E-state index in [1.807, 2.05) is 0 Å². The summed E-state index contributed by atoms with van der Waals surface area (Å²) in [6.07, 6.45) is 1.77. The lowest BCUT2D eigenvalue weighted by Crippen LogP contribution is -2.33. The van der Waals surface area contributed by atoms with Crippen molar-refractivity contribution in [1.82, 2.24) is 4.90 Å². The van der Waals surface area contributed by atoms with Crippen LogP contribution in [-0.4, -0.2) is 21.8 Å². The van der Waals surface area contributed by atoms with E-state index in [0.29, 0.717) is 6.54 Å². The molecular formula is C17H15FN2O3. The quantitative estimate of drug-likeness (QED) is 0.626. The first-order valence-corrected chi connectivity index (χ1v) is 7.35. The van der Waals surface area contributed by atoms with E-state index in [2.05, 4.69) is 0 Å². The van der Waals surface area contributed by atoms with Gasteiger partial charge in [0, 0.05) is 18.7 Å². The Bertz CT molecular complexity index is 742. The number of hydrogen-bond donors (Lipinski definition) is 0. The maximum absolute atomic E-state index is 13.0. The van der Waals surface area contributed by atoms with Gasteiger partial charge in [-0.25, -0.2) is 4.39 Å². The molecule has 0 spiro atoms. The van der Waals surface area contributed by atoms with Gasteiger partial charge in [0.15, 0.2) is 0 Å². The van der Waals surface area contributed by atoms with Gasteiger partial charge in [-0.1, -0.05) is 24.3 Å². The number of hydrogen-bond acceptors (Lipinski definition) is 3. The lowest BCUT2D eigenvalue weighted by atomic mass is 10.1. The lowest BCUT2D eigenvalue weighted by molar-refractivity contribution is -0.385. The lowest BCUT2D eigenvalue weighted by Gasteiger charge is -2.22. The average Bonchev–Trinajstić information content (AvgIpc) is 3.38. The fourth-order valence-corrected chi connectivity index (χ4v) is 2.51. The van der Waals surface area contributed by atoms with Crippen molar-refractivity contribution in [3.63, 3.8) is 0 Å². The number of halogens is 1. The number of amides is 1. The van der Waals surface area contributed by atoms with Crippen LogP contribution < -0.4 is 0 Å². The smallest absolute Gasteiger partial charge is 0.282 e. The molecule has 0 aliphatic heterocycles. The molecule has 5 nitrogen and oxygen atoms in total. The van der Waals surface area contributed by atoms with E-state index in [1.165, 1.54) is 30.3 Å². The van der Waals surface area contributed by atoms with Crippen LogP contribution in [0.2, 0.25) is 0 Å². The van der Waals surface area contributed by atoms with E-state index in [1.54, 1.807) is 23.1 Å². The molecule has 118 valence electrons. The van der Waals surface area contributed by atoms with Crippen LogP contribution in [0.4, 0.5) is 10.1 Å². The Morgan fingerprint density at radius 3 is 2.43 bits per heavy atom. The number of benzene rings is 2. The molecule has 3 rings (SSSR count). The molecule has 1 aliphatic carbocycles. The first-order valence-electron chi connectivity index (χ1n) is 7.35. The van der Waals surface area contributed by atoms with Crippen LogP contribution in [0.15, 0.2) is 48.5 Å². The zero-order valence-corrected chi connectivity index (χ0v) is 12.3. The van der Waals surface area contributed by atoms with Gasteiger partial charge in [0.05, 0.1) is 4.92 Å². The van der Waals surface area contributed by atoms with E-state index >= 15 is 0 Å². The summed E-state index contributed by atoms with van der Waals surface area (Å²) < 4.78 is 13.0. The molecule has 23 heavy (non-hydrogen) atoms. The zero-order valence-electron chi connectivity index (χ0n) is 12.3. The number of nitrogens with zero attached hydrogens (tertiary/aromatic N) is 2. The SMILES string of the molecule is O=C(c1ccccc1[N+](=O)[O-])N(Cc1ccc(F)cc1)C1CC1. The van der Waals surface area contributed by atoms with Gasteiger partial charge >= 0.3 is 0 Å². The van der Waals surface area contributed by atoms with E-state index in [4.69, 9.17) is 0 Å². The van der Waals surface area contributed by atoms with Crippen LogP contribution in [0.25, 0.3) is 0 Å². The van der Waals surface area contributed by atoms with Crippen molar-refractivity contribution >= 4 is 11.6 Å². The van der Waals surface area contributed by atoms with Crippen molar-refractivity contribution in [3.05, 3.63) is 75.6 Å². The van der Waals surface area contributed by atoms with Crippen molar-refractivity contribution < 1.29 is 14.1 Å². The fourth-order valence-electron chi connectivity index (χ4n) is 2.51. The molecule has 1 amide bonds. The molecule has 0 N–H and O–H groups in total. The van der Waals surface area contributed by atoms with Gasteiger partial charge < -0.3 is 4.90 Å². The highest BCUT2D eigenvalue weighted by atomic mass is 19.1. The van der Waals surface area contributed by atoms with Crippen LogP contribution in [0, 0.1) is 15.9 Å². The normalized spacial score (nSPS) is 13.6. The molecule has 0 atom stereocenters. The van der Waals surface area contributed by atoms with Crippen molar-refractivity contribution in [3.8, 4) is 0 Å². The Morgan fingerprint density at radius 1 is 1.17 bits per heavy atom. The minimum atomic E-state index is -0.545. The standard InChI is InChI=1S/C17H15FN2O3/c18-13-7-5-12(6-8-13)11-19(14-9-10-14)17(21)15-3-1-2-4-16(15)20(22)23/h1-8,14H,9-11H2. The van der Waals surface area contributed by atoms with E-state index in [-0.39, 0.29) is 29.0 Å². The van der Waals surface area contributed by atoms with Crippen molar-refractivity contribution in [2.75, 3.05) is 0 Å². The highest BCUT2D eigenvalue weighted by Gasteiger charge is 2.35. The second kappa shape index (κ2) is 6.16. The van der Waals surface area contributed by atoms with Crippen molar-refractivity contribution in [2.24, 2.45) is 0 Å². The Balaban J connectivity index is 1.88. The first kappa shape index (κ1) is 15.1. The molecule has 0 heterocycles. The summed E-state index contributed by atoms with van der Waals surface area (Å²) in [6.45, 7) is 0.315. The average molecular weight is 314 g/mol. The Hall–Kier alpha value is -2.76. The van der Waals surface area contributed by atoms with Crippen LogP contribution in [0.1, 0.15) is 28.8 Å². The van der Waals surface area contributed by atoms with E-state index in [0.717, 1.165) is 18.4 Å². The number of carbonyl (C=O) groups excluding carboxylic acids is 1. The third-order valence-electron chi connectivity index (χ3n) is 3.85. The molecular weight excluding hydrogens is 299 g/mol. The third kappa shape index (κ3) is 3.36. The maximum Gasteiger partial charge on any atom is 0.282 e. The Kier molecular flexibility index (Phi) is 4.06. The van der Waals surface area contributed by atoms with Crippen LogP contribution in [-0.2, 0) is 6.54 Å². The summed E-state index contributed by atoms with van der Waals surface area (Å²) in [7, 11) is 0. The largest absolute Gasteiger partial charge is 0.331 e. The highest BCUT2D eigenvalue weighted by Crippen LogP contribution is 2.31. The first-order chi connectivity index (χ1) is 11.1. The van der Waals surface area contributed by atoms with Gasteiger partial charge in [0.1, 0.15) is 11.4 Å². The van der Waals surface area contributed by atoms with Crippen molar-refractivity contribution in [2.45, 2.75) is 25.4 Å². The van der Waals surface area contributed by atoms with Crippen LogP contribution in [0.3, 0.4) is 0 Å². The number of carbonyl (C=O) groups is 1. The summed E-state index contributed by atoms with van der Waals surface area (Å²) in [5, 5.41) is 11.1. The zero-order chi connectivity index (χ0) is 16.4. The van der Waals surface area contributed by atoms with Crippen molar-refractivity contribution in [1.29, 1.82) is 0 Å². The van der Waals surface area contributed by atoms with Gasteiger partial charge in [0.2, 0.25) is 0 Å². The number of para-hydroxylation sites is 1. The molecule has 1 aliphatic rings. The molecule has 0 unspecified atom stereocenters. The van der Waals surface area contributed by atoms with Gasteiger partial charge in [-0.05, 0) is 36.6 Å². The predicted molar refractivity (Wildman–Crippen MR) is 82.4 cm³/mol. The topological polar surface area (TPSA) is 63.4 Å². The maximum atomic E-state index is 13.0. The molecule has 1 saturated carbocycles. The molecule has 1 fully saturated rings. The third-order valence-corrected chi connectivity index (χ3v) is 3.85. The molecule has 2 aromatic carbocycles. The summed E-state index contributed by atoms with van der Waals surface area (Å²) in [5.41, 5.74) is 0.694. The van der Waals surface area contributed by atoms with Gasteiger partial charge in [-0.3, -0.25) is 14.9 Å². The fraction of sp³-hybridized carbons (Fsp3) is 0.235. The number of rotatable bonds is 5. The van der Waals surface area contributed by atoms with Crippen LogP contribution >= 0.6 is 0 Å². The summed E-state index contributed by atoms with van der Waals surface area (Å²) >= 11 is 0. The molecule has 0 radical (unpaired) electrons. The molecule has 6 heteroatoms. The Morgan fingerprint density at radius 2 is 1.83 bits per heavy atom. The number of nitro groups is 1. The molecule has 0 bridgehead atoms. The minimum Gasteiger partial charge on any atom is -0.331 e.